The number of rotatable bonds is 6. The molecular weight excluding hydrogens is 238 g/mol. The molecule has 16 heavy (non-hydrogen) atoms. The van der Waals surface area contributed by atoms with Gasteiger partial charge in [-0.1, -0.05) is 11.6 Å². The summed E-state index contributed by atoms with van der Waals surface area (Å²) in [4.78, 5) is 4.15. The third-order valence-electron chi connectivity index (χ3n) is 1.76. The Morgan fingerprint density at radius 3 is 2.88 bits per heavy atom. The van der Waals surface area contributed by atoms with Crippen LogP contribution in [0.3, 0.4) is 0 Å². The molecule has 0 amide bonds. The van der Waals surface area contributed by atoms with Gasteiger partial charge in [-0.3, -0.25) is 0 Å². The number of hydrogen-bond donors (Lipinski definition) is 1. The molecule has 0 spiro atoms. The minimum atomic E-state index is -2.48. The highest BCUT2D eigenvalue weighted by atomic mass is 35.5. The van der Waals surface area contributed by atoms with E-state index in [1.165, 1.54) is 0 Å². The van der Waals surface area contributed by atoms with Gasteiger partial charge in [0.2, 0.25) is 0 Å². The van der Waals surface area contributed by atoms with E-state index in [0.29, 0.717) is 16.5 Å². The molecule has 0 unspecified atom stereocenters. The van der Waals surface area contributed by atoms with Gasteiger partial charge in [0.05, 0.1) is 17.3 Å². The van der Waals surface area contributed by atoms with Gasteiger partial charge in [0, 0.05) is 6.54 Å². The minimum Gasteiger partial charge on any atom is -0.370 e. The fraction of sp³-hybridized carbons (Fsp3) is 0.500. The van der Waals surface area contributed by atoms with Gasteiger partial charge in [-0.15, -0.1) is 0 Å². The summed E-state index contributed by atoms with van der Waals surface area (Å²) in [6.45, 7) is 2.04. The van der Waals surface area contributed by atoms with Crippen LogP contribution >= 0.6 is 11.6 Å². The molecule has 90 valence electrons. The third kappa shape index (κ3) is 4.28. The van der Waals surface area contributed by atoms with Gasteiger partial charge in [0.1, 0.15) is 12.4 Å². The summed E-state index contributed by atoms with van der Waals surface area (Å²) in [5.74, 6) is 0.655. The number of hydrogen-bond acceptors (Lipinski definition) is 3. The largest absolute Gasteiger partial charge is 0.370 e. The van der Waals surface area contributed by atoms with Crippen molar-refractivity contribution in [3.05, 3.63) is 22.8 Å². The summed E-state index contributed by atoms with van der Waals surface area (Å²) < 4.78 is 28.5. The molecule has 1 aromatic heterocycles. The Bertz CT molecular complexity index is 337. The van der Waals surface area contributed by atoms with Crippen LogP contribution in [0.4, 0.5) is 14.6 Å². The average molecular weight is 251 g/mol. The lowest BCUT2D eigenvalue weighted by Crippen LogP contribution is -2.07. The van der Waals surface area contributed by atoms with Crippen LogP contribution in [0.15, 0.2) is 12.1 Å². The van der Waals surface area contributed by atoms with Crippen molar-refractivity contribution in [1.82, 2.24) is 4.98 Å². The Hall–Kier alpha value is -0.940. The van der Waals surface area contributed by atoms with Crippen molar-refractivity contribution in [1.29, 1.82) is 0 Å². The van der Waals surface area contributed by atoms with Gasteiger partial charge in [-0.25, -0.2) is 13.8 Å². The van der Waals surface area contributed by atoms with Crippen LogP contribution in [0.5, 0.6) is 0 Å². The van der Waals surface area contributed by atoms with Crippen molar-refractivity contribution in [2.75, 3.05) is 18.5 Å². The Labute approximate surface area is 97.8 Å². The molecule has 0 saturated heterocycles. The fourth-order valence-electron chi connectivity index (χ4n) is 1.11. The normalized spacial score (nSPS) is 10.8. The first-order valence-electron chi connectivity index (χ1n) is 4.88. The molecule has 0 radical (unpaired) electrons. The van der Waals surface area contributed by atoms with E-state index in [9.17, 15) is 8.78 Å². The van der Waals surface area contributed by atoms with Crippen LogP contribution in [0.2, 0.25) is 5.02 Å². The Morgan fingerprint density at radius 2 is 2.25 bits per heavy atom. The zero-order valence-electron chi connectivity index (χ0n) is 8.84. The predicted octanol–water partition coefficient (Wildman–Crippen LogP) is 2.95. The lowest BCUT2D eigenvalue weighted by atomic mass is 10.3. The minimum absolute atomic E-state index is 0.0115. The second-order valence-corrected chi connectivity index (χ2v) is 3.47. The summed E-state index contributed by atoms with van der Waals surface area (Å²) in [6, 6.07) is 3.38. The van der Waals surface area contributed by atoms with E-state index >= 15 is 0 Å². The van der Waals surface area contributed by atoms with Crippen LogP contribution in [-0.2, 0) is 11.3 Å². The Kier molecular flexibility index (Phi) is 5.42. The van der Waals surface area contributed by atoms with Crippen molar-refractivity contribution >= 4 is 17.4 Å². The zero-order valence-corrected chi connectivity index (χ0v) is 9.60. The lowest BCUT2D eigenvalue weighted by molar-refractivity contribution is 0.00889. The molecule has 3 nitrogen and oxygen atoms in total. The van der Waals surface area contributed by atoms with Gasteiger partial charge in [0.15, 0.2) is 0 Å². The van der Waals surface area contributed by atoms with Crippen molar-refractivity contribution < 1.29 is 13.5 Å². The summed E-state index contributed by atoms with van der Waals surface area (Å²) in [5, 5.41) is 3.41. The molecule has 0 atom stereocenters. The second kappa shape index (κ2) is 6.60. The van der Waals surface area contributed by atoms with Crippen molar-refractivity contribution in [3.63, 3.8) is 0 Å². The first kappa shape index (κ1) is 13.1. The van der Waals surface area contributed by atoms with Gasteiger partial charge in [0.25, 0.3) is 6.43 Å². The molecule has 1 heterocycles. The molecule has 0 saturated carbocycles. The quantitative estimate of drug-likeness (QED) is 0.843. The number of pyridine rings is 1. The highest BCUT2D eigenvalue weighted by Gasteiger charge is 2.06. The summed E-state index contributed by atoms with van der Waals surface area (Å²) in [5.41, 5.74) is 0.459. The summed E-state index contributed by atoms with van der Waals surface area (Å²) in [7, 11) is 0. The van der Waals surface area contributed by atoms with Crippen molar-refractivity contribution in [2.45, 2.75) is 20.0 Å². The maximum atomic E-state index is 11.8. The maximum absolute atomic E-state index is 11.8. The van der Waals surface area contributed by atoms with E-state index in [4.69, 9.17) is 16.3 Å². The van der Waals surface area contributed by atoms with E-state index in [1.807, 2.05) is 6.92 Å². The van der Waals surface area contributed by atoms with Crippen LogP contribution < -0.4 is 5.32 Å². The van der Waals surface area contributed by atoms with Gasteiger partial charge >= 0.3 is 0 Å². The van der Waals surface area contributed by atoms with Crippen molar-refractivity contribution in [3.8, 4) is 0 Å². The molecule has 1 rings (SSSR count). The van der Waals surface area contributed by atoms with E-state index in [0.717, 1.165) is 6.54 Å². The first-order chi connectivity index (χ1) is 7.63. The number of ether oxygens (including phenoxy) is 1. The Morgan fingerprint density at radius 1 is 1.50 bits per heavy atom. The SMILES string of the molecule is CCNc1ccc(Cl)c(COCC(F)F)n1. The van der Waals surface area contributed by atoms with E-state index in [-0.39, 0.29) is 6.61 Å². The fourth-order valence-corrected chi connectivity index (χ4v) is 1.27. The first-order valence-corrected chi connectivity index (χ1v) is 5.26. The molecule has 0 aliphatic rings. The molecule has 1 aromatic rings. The van der Waals surface area contributed by atoms with Gasteiger partial charge < -0.3 is 10.1 Å². The zero-order chi connectivity index (χ0) is 12.0. The van der Waals surface area contributed by atoms with E-state index in [1.54, 1.807) is 12.1 Å². The molecule has 1 N–H and O–H groups in total. The molecular formula is C10H13ClF2N2O. The molecule has 0 aliphatic heterocycles. The molecule has 0 aliphatic carbocycles. The van der Waals surface area contributed by atoms with E-state index < -0.39 is 13.0 Å². The highest BCUT2D eigenvalue weighted by Crippen LogP contribution is 2.17. The number of nitrogens with one attached hydrogen (secondary N) is 1. The standard InChI is InChI=1S/C10H13ClF2N2O/c1-2-14-10-4-3-7(11)8(15-10)5-16-6-9(12)13/h3-4,9H,2,5-6H2,1H3,(H,14,15). The molecule has 0 fully saturated rings. The number of halogens is 3. The van der Waals surface area contributed by atoms with Crippen LogP contribution in [0, 0.1) is 0 Å². The monoisotopic (exact) mass is 250 g/mol. The Balaban J connectivity index is 2.59. The predicted molar refractivity (Wildman–Crippen MR) is 59.1 cm³/mol. The topological polar surface area (TPSA) is 34.1 Å². The third-order valence-corrected chi connectivity index (χ3v) is 2.10. The van der Waals surface area contributed by atoms with Crippen LogP contribution in [-0.4, -0.2) is 24.6 Å². The lowest BCUT2D eigenvalue weighted by Gasteiger charge is -2.08. The molecule has 6 heteroatoms. The van der Waals surface area contributed by atoms with Gasteiger partial charge in [-0.2, -0.15) is 0 Å². The molecule has 0 aromatic carbocycles. The number of nitrogens with zero attached hydrogens (tertiary/aromatic N) is 1. The summed E-state index contributed by atoms with van der Waals surface area (Å²) in [6.07, 6.45) is -2.48. The highest BCUT2D eigenvalue weighted by molar-refractivity contribution is 6.31. The van der Waals surface area contributed by atoms with Gasteiger partial charge in [-0.05, 0) is 19.1 Å². The smallest absolute Gasteiger partial charge is 0.261 e. The van der Waals surface area contributed by atoms with Crippen LogP contribution in [0.1, 0.15) is 12.6 Å². The number of aromatic nitrogens is 1. The van der Waals surface area contributed by atoms with Crippen LogP contribution in [0.25, 0.3) is 0 Å². The van der Waals surface area contributed by atoms with Crippen molar-refractivity contribution in [2.24, 2.45) is 0 Å². The maximum Gasteiger partial charge on any atom is 0.261 e. The van der Waals surface area contributed by atoms with E-state index in [2.05, 4.69) is 10.3 Å². The second-order valence-electron chi connectivity index (χ2n) is 3.06. The average Bonchev–Trinajstić information content (AvgIpc) is 2.22. The number of alkyl halides is 2. The summed E-state index contributed by atoms with van der Waals surface area (Å²) >= 11 is 5.85. The number of anilines is 1. The molecule has 0 bridgehead atoms.